The number of carbonyl (C=O) groups is 1. The molecule has 0 aliphatic carbocycles. The van der Waals surface area contributed by atoms with Gasteiger partial charge in [0.2, 0.25) is 5.91 Å². The molecule has 2 aromatic rings. The Morgan fingerprint density at radius 2 is 2.00 bits per heavy atom. The van der Waals surface area contributed by atoms with Gasteiger partial charge in [-0.2, -0.15) is 0 Å². The molecule has 0 unspecified atom stereocenters. The van der Waals surface area contributed by atoms with E-state index in [9.17, 15) is 9.18 Å². The van der Waals surface area contributed by atoms with Crippen molar-refractivity contribution in [3.05, 3.63) is 63.4 Å². The number of halogens is 3. The summed E-state index contributed by atoms with van der Waals surface area (Å²) in [5.41, 5.74) is 0.972. The Hall–Kier alpha value is -1.78. The van der Waals surface area contributed by atoms with Crippen LogP contribution in [0.1, 0.15) is 11.1 Å². The highest BCUT2D eigenvalue weighted by molar-refractivity contribution is 6.31. The maximum atomic E-state index is 13.8. The lowest BCUT2D eigenvalue weighted by Gasteiger charge is -2.19. The van der Waals surface area contributed by atoms with Crippen LogP contribution in [0.5, 0.6) is 5.75 Å². The predicted octanol–water partition coefficient (Wildman–Crippen LogP) is 4.34. The Balaban J connectivity index is 2.13. The van der Waals surface area contributed by atoms with E-state index in [2.05, 4.69) is 0 Å². The number of likely N-dealkylation sites (N-methyl/N-ethyl adjacent to an activating group) is 1. The van der Waals surface area contributed by atoms with Crippen molar-refractivity contribution in [3.8, 4) is 5.75 Å². The number of carbonyl (C=O) groups excluding carboxylic acids is 1. The van der Waals surface area contributed by atoms with E-state index in [1.54, 1.807) is 38.4 Å². The fraction of sp³-hybridized carbons (Fsp3) is 0.235. The summed E-state index contributed by atoms with van der Waals surface area (Å²) in [6.45, 7) is 0.300. The Morgan fingerprint density at radius 3 is 2.65 bits per heavy atom. The highest BCUT2D eigenvalue weighted by Gasteiger charge is 2.17. The van der Waals surface area contributed by atoms with E-state index in [0.29, 0.717) is 17.3 Å². The fourth-order valence-corrected chi connectivity index (χ4v) is 2.63. The van der Waals surface area contributed by atoms with Gasteiger partial charge in [-0.3, -0.25) is 4.79 Å². The summed E-state index contributed by atoms with van der Waals surface area (Å²) in [6, 6.07) is 9.54. The SMILES string of the molecule is COc1ccc(Cl)cc1CN(C)C(=O)Cc1c(F)cccc1Cl. The Bertz CT molecular complexity index is 701. The predicted molar refractivity (Wildman–Crippen MR) is 89.6 cm³/mol. The molecule has 0 spiro atoms. The lowest BCUT2D eigenvalue weighted by Crippen LogP contribution is -2.28. The monoisotopic (exact) mass is 355 g/mol. The molecule has 0 aromatic heterocycles. The van der Waals surface area contributed by atoms with Gasteiger partial charge in [-0.05, 0) is 30.3 Å². The van der Waals surface area contributed by atoms with Crippen LogP contribution in [-0.4, -0.2) is 25.0 Å². The number of benzene rings is 2. The van der Waals surface area contributed by atoms with Crippen LogP contribution in [0.3, 0.4) is 0 Å². The first kappa shape index (κ1) is 17.6. The minimum absolute atomic E-state index is 0.106. The van der Waals surface area contributed by atoms with Gasteiger partial charge >= 0.3 is 0 Å². The van der Waals surface area contributed by atoms with E-state index < -0.39 is 5.82 Å². The van der Waals surface area contributed by atoms with E-state index >= 15 is 0 Å². The number of methoxy groups -OCH3 is 1. The first-order valence-electron chi connectivity index (χ1n) is 6.91. The van der Waals surface area contributed by atoms with Gasteiger partial charge in [0, 0.05) is 34.8 Å². The second kappa shape index (κ2) is 7.66. The maximum absolute atomic E-state index is 13.8. The third kappa shape index (κ3) is 4.36. The Morgan fingerprint density at radius 1 is 1.26 bits per heavy atom. The fourth-order valence-electron chi connectivity index (χ4n) is 2.20. The summed E-state index contributed by atoms with van der Waals surface area (Å²) < 4.78 is 19.0. The van der Waals surface area contributed by atoms with Gasteiger partial charge < -0.3 is 9.64 Å². The normalized spacial score (nSPS) is 10.5. The highest BCUT2D eigenvalue weighted by atomic mass is 35.5. The van der Waals surface area contributed by atoms with Crippen LogP contribution in [0.15, 0.2) is 36.4 Å². The molecule has 0 N–H and O–H groups in total. The van der Waals surface area contributed by atoms with Gasteiger partial charge in [0.05, 0.1) is 13.5 Å². The zero-order chi connectivity index (χ0) is 17.0. The molecule has 0 bridgehead atoms. The van der Waals surface area contributed by atoms with Crippen LogP contribution < -0.4 is 4.74 Å². The van der Waals surface area contributed by atoms with Crippen molar-refractivity contribution in [2.75, 3.05) is 14.2 Å². The van der Waals surface area contributed by atoms with E-state index in [0.717, 1.165) is 5.56 Å². The highest BCUT2D eigenvalue weighted by Crippen LogP contribution is 2.25. The molecule has 122 valence electrons. The van der Waals surface area contributed by atoms with Gasteiger partial charge in [0.25, 0.3) is 0 Å². The summed E-state index contributed by atoms with van der Waals surface area (Å²) in [5, 5.41) is 0.797. The third-order valence-electron chi connectivity index (χ3n) is 3.47. The third-order valence-corrected chi connectivity index (χ3v) is 4.05. The molecule has 2 rings (SSSR count). The maximum Gasteiger partial charge on any atom is 0.227 e. The first-order valence-corrected chi connectivity index (χ1v) is 7.67. The van der Waals surface area contributed by atoms with Gasteiger partial charge in [0.1, 0.15) is 11.6 Å². The van der Waals surface area contributed by atoms with E-state index in [-0.39, 0.29) is 22.9 Å². The second-order valence-electron chi connectivity index (χ2n) is 5.08. The average Bonchev–Trinajstić information content (AvgIpc) is 2.51. The summed E-state index contributed by atoms with van der Waals surface area (Å²) in [7, 11) is 3.19. The number of rotatable bonds is 5. The first-order chi connectivity index (χ1) is 10.9. The molecular weight excluding hydrogens is 340 g/mol. The summed E-state index contributed by atoms with van der Waals surface area (Å²) in [4.78, 5) is 13.8. The molecule has 0 aliphatic rings. The molecule has 2 aromatic carbocycles. The number of hydrogen-bond donors (Lipinski definition) is 0. The quantitative estimate of drug-likeness (QED) is 0.798. The summed E-state index contributed by atoms with van der Waals surface area (Å²) in [6.07, 6.45) is -0.106. The molecule has 0 fully saturated rings. The molecule has 0 saturated heterocycles. The van der Waals surface area contributed by atoms with Crippen LogP contribution in [0, 0.1) is 5.82 Å². The standard InChI is InChI=1S/C17H16Cl2FNO2/c1-21(10-11-8-12(18)6-7-16(11)23-2)17(22)9-13-14(19)4-3-5-15(13)20/h3-8H,9-10H2,1-2H3. The summed E-state index contributed by atoms with van der Waals surface area (Å²) >= 11 is 11.9. The van der Waals surface area contributed by atoms with Gasteiger partial charge in [-0.1, -0.05) is 29.3 Å². The van der Waals surface area contributed by atoms with Gasteiger partial charge in [-0.15, -0.1) is 0 Å². The topological polar surface area (TPSA) is 29.5 Å². The largest absolute Gasteiger partial charge is 0.496 e. The van der Waals surface area contributed by atoms with Crippen molar-refractivity contribution >= 4 is 29.1 Å². The van der Waals surface area contributed by atoms with Crippen molar-refractivity contribution in [2.24, 2.45) is 0 Å². The summed E-state index contributed by atoms with van der Waals surface area (Å²) in [5.74, 6) is -0.100. The van der Waals surface area contributed by atoms with Crippen molar-refractivity contribution < 1.29 is 13.9 Å². The number of nitrogens with zero attached hydrogens (tertiary/aromatic N) is 1. The number of amides is 1. The smallest absolute Gasteiger partial charge is 0.227 e. The molecular formula is C17H16Cl2FNO2. The Kier molecular flexibility index (Phi) is 5.85. The van der Waals surface area contributed by atoms with Gasteiger partial charge in [0.15, 0.2) is 0 Å². The molecule has 6 heteroatoms. The molecule has 0 atom stereocenters. The van der Waals surface area contributed by atoms with Gasteiger partial charge in [-0.25, -0.2) is 4.39 Å². The molecule has 1 amide bonds. The molecule has 3 nitrogen and oxygen atoms in total. The van der Waals surface area contributed by atoms with Crippen LogP contribution in [0.25, 0.3) is 0 Å². The number of ether oxygens (including phenoxy) is 1. The van der Waals surface area contributed by atoms with E-state index in [1.165, 1.54) is 17.0 Å². The molecule has 23 heavy (non-hydrogen) atoms. The second-order valence-corrected chi connectivity index (χ2v) is 5.93. The lowest BCUT2D eigenvalue weighted by molar-refractivity contribution is -0.129. The minimum atomic E-state index is -0.486. The van der Waals surface area contributed by atoms with Crippen LogP contribution in [0.2, 0.25) is 10.0 Å². The van der Waals surface area contributed by atoms with Crippen LogP contribution >= 0.6 is 23.2 Å². The molecule has 0 aliphatic heterocycles. The zero-order valence-electron chi connectivity index (χ0n) is 12.8. The lowest BCUT2D eigenvalue weighted by atomic mass is 10.1. The number of hydrogen-bond acceptors (Lipinski definition) is 2. The van der Waals surface area contributed by atoms with Crippen LogP contribution in [0.4, 0.5) is 4.39 Å². The van der Waals surface area contributed by atoms with Crippen molar-refractivity contribution in [3.63, 3.8) is 0 Å². The molecule has 0 heterocycles. The average molecular weight is 356 g/mol. The zero-order valence-corrected chi connectivity index (χ0v) is 14.3. The van der Waals surface area contributed by atoms with E-state index in [4.69, 9.17) is 27.9 Å². The minimum Gasteiger partial charge on any atom is -0.496 e. The van der Waals surface area contributed by atoms with E-state index in [1.807, 2.05) is 0 Å². The molecule has 0 radical (unpaired) electrons. The molecule has 0 saturated carbocycles. The van der Waals surface area contributed by atoms with Crippen molar-refractivity contribution in [1.29, 1.82) is 0 Å². The van der Waals surface area contributed by atoms with Crippen molar-refractivity contribution in [1.82, 2.24) is 4.90 Å². The van der Waals surface area contributed by atoms with Crippen LogP contribution in [-0.2, 0) is 17.8 Å². The Labute approximate surface area is 144 Å². The van der Waals surface area contributed by atoms with Crippen molar-refractivity contribution in [2.45, 2.75) is 13.0 Å².